The molecular formula is C29H37N3O4S. The van der Waals surface area contributed by atoms with Gasteiger partial charge < -0.3 is 20.7 Å². The largest absolute Gasteiger partial charge is 0.383 e. The highest BCUT2D eigenvalue weighted by molar-refractivity contribution is 7.17. The number of hydrogen-bond acceptors (Lipinski definition) is 5. The molecule has 3 rings (SSSR count). The first-order valence-corrected chi connectivity index (χ1v) is 13.7. The molecule has 7 nitrogen and oxygen atoms in total. The summed E-state index contributed by atoms with van der Waals surface area (Å²) >= 11 is 1.61. The molecule has 2 atom stereocenters. The Morgan fingerprint density at radius 3 is 2.38 bits per heavy atom. The van der Waals surface area contributed by atoms with E-state index in [9.17, 15) is 14.4 Å². The van der Waals surface area contributed by atoms with Crippen LogP contribution in [0.5, 0.6) is 0 Å². The summed E-state index contributed by atoms with van der Waals surface area (Å²) in [5.74, 6) is -0.817. The Kier molecular flexibility index (Phi) is 11.6. The molecule has 3 aromatic rings. The lowest BCUT2D eigenvalue weighted by Gasteiger charge is -2.23. The van der Waals surface area contributed by atoms with Crippen molar-refractivity contribution in [3.05, 3.63) is 71.1 Å². The van der Waals surface area contributed by atoms with Crippen LogP contribution >= 0.6 is 11.3 Å². The van der Waals surface area contributed by atoms with Crippen LogP contribution in [0.25, 0.3) is 10.1 Å². The van der Waals surface area contributed by atoms with Gasteiger partial charge in [0.25, 0.3) is 0 Å². The Balaban J connectivity index is 1.79. The van der Waals surface area contributed by atoms with E-state index in [2.05, 4.69) is 22.9 Å². The van der Waals surface area contributed by atoms with Gasteiger partial charge in [-0.15, -0.1) is 11.3 Å². The molecule has 1 aromatic heterocycles. The first-order valence-electron chi connectivity index (χ1n) is 12.9. The Morgan fingerprint density at radius 2 is 1.62 bits per heavy atom. The maximum absolute atomic E-state index is 13.6. The molecule has 0 radical (unpaired) electrons. The van der Waals surface area contributed by atoms with Gasteiger partial charge in [0.1, 0.15) is 12.1 Å². The van der Waals surface area contributed by atoms with Crippen molar-refractivity contribution in [2.24, 2.45) is 0 Å². The van der Waals surface area contributed by atoms with Gasteiger partial charge in [-0.3, -0.25) is 14.4 Å². The molecule has 37 heavy (non-hydrogen) atoms. The molecule has 0 saturated carbocycles. The van der Waals surface area contributed by atoms with Crippen LogP contribution in [0.2, 0.25) is 0 Å². The molecule has 0 saturated heterocycles. The summed E-state index contributed by atoms with van der Waals surface area (Å²) in [5.41, 5.74) is 1.93. The minimum atomic E-state index is -0.794. The number of hydrogen-bond donors (Lipinski definition) is 3. The van der Waals surface area contributed by atoms with Gasteiger partial charge in [0, 0.05) is 37.6 Å². The molecule has 0 fully saturated rings. The Bertz CT molecular complexity index is 1150. The molecule has 3 amide bonds. The summed E-state index contributed by atoms with van der Waals surface area (Å²) in [6.07, 6.45) is 3.80. The molecule has 0 aliphatic rings. The second kappa shape index (κ2) is 15.1. The lowest BCUT2D eigenvalue weighted by Crippen LogP contribution is -2.55. The molecular weight excluding hydrogens is 486 g/mol. The molecule has 2 aromatic carbocycles. The summed E-state index contributed by atoms with van der Waals surface area (Å²) in [6, 6.07) is 16.0. The van der Waals surface area contributed by atoms with Gasteiger partial charge in [-0.2, -0.15) is 0 Å². The minimum absolute atomic E-state index is 0.155. The van der Waals surface area contributed by atoms with E-state index in [-0.39, 0.29) is 17.7 Å². The normalized spacial score (nSPS) is 12.6. The number of rotatable bonds is 15. The fourth-order valence-electron chi connectivity index (χ4n) is 4.15. The molecule has 0 aliphatic heterocycles. The summed E-state index contributed by atoms with van der Waals surface area (Å²) in [4.78, 5) is 39.3. The number of benzene rings is 2. The van der Waals surface area contributed by atoms with E-state index in [0.29, 0.717) is 32.4 Å². The molecule has 0 aliphatic carbocycles. The molecule has 0 bridgehead atoms. The first-order chi connectivity index (χ1) is 18.0. The van der Waals surface area contributed by atoms with Crippen molar-refractivity contribution in [2.75, 3.05) is 20.3 Å². The highest BCUT2D eigenvalue weighted by Crippen LogP contribution is 2.26. The highest BCUT2D eigenvalue weighted by Gasteiger charge is 2.28. The Hall–Kier alpha value is -3.23. The van der Waals surface area contributed by atoms with Crippen molar-refractivity contribution in [1.82, 2.24) is 16.0 Å². The number of unbranched alkanes of at least 4 members (excludes halogenated alkanes) is 2. The predicted molar refractivity (Wildman–Crippen MR) is 149 cm³/mol. The topological polar surface area (TPSA) is 96.5 Å². The average molecular weight is 524 g/mol. The number of methoxy groups -OCH3 is 1. The lowest BCUT2D eigenvalue weighted by molar-refractivity contribution is -0.132. The first kappa shape index (κ1) is 28.3. The SMILES string of the molecule is CCCCCC(=O)N[C@@H](Cc1csc2ccccc12)C(=O)N[C@@H](Cc1ccccc1)C(=O)NCCOC. The van der Waals surface area contributed by atoms with Gasteiger partial charge in [0.15, 0.2) is 0 Å². The lowest BCUT2D eigenvalue weighted by atomic mass is 10.0. The van der Waals surface area contributed by atoms with Gasteiger partial charge >= 0.3 is 0 Å². The summed E-state index contributed by atoms with van der Waals surface area (Å²) < 4.78 is 6.17. The van der Waals surface area contributed by atoms with Crippen molar-refractivity contribution >= 4 is 39.1 Å². The second-order valence-corrected chi connectivity index (χ2v) is 9.98. The fraction of sp³-hybridized carbons (Fsp3) is 0.414. The number of carbonyl (C=O) groups is 3. The summed E-state index contributed by atoms with van der Waals surface area (Å²) in [5, 5.41) is 11.8. The minimum Gasteiger partial charge on any atom is -0.383 e. The van der Waals surface area contributed by atoms with Crippen molar-refractivity contribution in [1.29, 1.82) is 0 Å². The van der Waals surface area contributed by atoms with Crippen molar-refractivity contribution in [3.63, 3.8) is 0 Å². The van der Waals surface area contributed by atoms with Crippen LogP contribution < -0.4 is 16.0 Å². The molecule has 198 valence electrons. The third kappa shape index (κ3) is 8.98. The monoisotopic (exact) mass is 523 g/mol. The quantitative estimate of drug-likeness (QED) is 0.262. The standard InChI is InChI=1S/C29H37N3O4S/c1-3-4-6-15-27(33)31-25(19-22-20-37-26-14-10-9-13-23(22)26)29(35)32-24(28(34)30-16-17-36-2)18-21-11-7-5-8-12-21/h5,7-14,20,24-25H,3-4,6,15-19H2,1-2H3,(H,30,34)(H,31,33)(H,32,35)/t24-,25-/m0/s1. The van der Waals surface area contributed by atoms with Gasteiger partial charge in [-0.1, -0.05) is 68.3 Å². The summed E-state index contributed by atoms with van der Waals surface area (Å²) in [6.45, 7) is 2.80. The maximum Gasteiger partial charge on any atom is 0.243 e. The number of amides is 3. The molecule has 3 N–H and O–H groups in total. The number of nitrogens with one attached hydrogen (secondary N) is 3. The van der Waals surface area contributed by atoms with Gasteiger partial charge in [0.2, 0.25) is 17.7 Å². The number of fused-ring (bicyclic) bond motifs is 1. The third-order valence-corrected chi connectivity index (χ3v) is 7.18. The molecule has 0 unspecified atom stereocenters. The zero-order valence-electron chi connectivity index (χ0n) is 21.6. The number of ether oxygens (including phenoxy) is 1. The van der Waals surface area contributed by atoms with E-state index in [1.54, 1.807) is 18.4 Å². The van der Waals surface area contributed by atoms with E-state index in [4.69, 9.17) is 4.74 Å². The van der Waals surface area contributed by atoms with E-state index in [1.165, 1.54) is 0 Å². The highest BCUT2D eigenvalue weighted by atomic mass is 32.1. The predicted octanol–water partition coefficient (Wildman–Crippen LogP) is 4.00. The average Bonchev–Trinajstić information content (AvgIpc) is 3.31. The van der Waals surface area contributed by atoms with E-state index < -0.39 is 12.1 Å². The van der Waals surface area contributed by atoms with Crippen LogP contribution in [-0.4, -0.2) is 50.1 Å². The van der Waals surface area contributed by atoms with Gasteiger partial charge in [-0.05, 0) is 34.4 Å². The van der Waals surface area contributed by atoms with Crippen LogP contribution in [0.15, 0.2) is 60.0 Å². The molecule has 8 heteroatoms. The van der Waals surface area contributed by atoms with E-state index in [1.807, 2.05) is 60.0 Å². The van der Waals surface area contributed by atoms with Gasteiger partial charge in [0.05, 0.1) is 6.61 Å². The van der Waals surface area contributed by atoms with Crippen molar-refractivity contribution < 1.29 is 19.1 Å². The Labute approximate surface area is 223 Å². The van der Waals surface area contributed by atoms with Crippen molar-refractivity contribution in [3.8, 4) is 0 Å². The number of thiophene rings is 1. The number of carbonyl (C=O) groups excluding carboxylic acids is 3. The smallest absolute Gasteiger partial charge is 0.243 e. The zero-order valence-corrected chi connectivity index (χ0v) is 22.4. The van der Waals surface area contributed by atoms with Crippen molar-refractivity contribution in [2.45, 2.75) is 57.5 Å². The molecule has 1 heterocycles. The van der Waals surface area contributed by atoms with Gasteiger partial charge in [-0.25, -0.2) is 0 Å². The Morgan fingerprint density at radius 1 is 0.892 bits per heavy atom. The summed E-state index contributed by atoms with van der Waals surface area (Å²) in [7, 11) is 1.57. The van der Waals surface area contributed by atoms with Crippen LogP contribution in [0, 0.1) is 0 Å². The van der Waals surface area contributed by atoms with Crippen LogP contribution in [-0.2, 0) is 32.0 Å². The van der Waals surface area contributed by atoms with E-state index >= 15 is 0 Å². The molecule has 0 spiro atoms. The maximum atomic E-state index is 13.6. The van der Waals surface area contributed by atoms with Crippen LogP contribution in [0.3, 0.4) is 0 Å². The van der Waals surface area contributed by atoms with Crippen LogP contribution in [0.4, 0.5) is 0 Å². The van der Waals surface area contributed by atoms with E-state index in [0.717, 1.165) is 40.5 Å². The fourth-order valence-corrected chi connectivity index (χ4v) is 5.13. The second-order valence-electron chi connectivity index (χ2n) is 9.07. The third-order valence-electron chi connectivity index (χ3n) is 6.17. The van der Waals surface area contributed by atoms with Crippen LogP contribution in [0.1, 0.15) is 43.7 Å². The zero-order chi connectivity index (χ0) is 26.5.